The summed E-state index contributed by atoms with van der Waals surface area (Å²) in [4.78, 5) is 24.3. The fourth-order valence-corrected chi connectivity index (χ4v) is 2.91. The third-order valence-electron chi connectivity index (χ3n) is 3.99. The summed E-state index contributed by atoms with van der Waals surface area (Å²) in [5, 5.41) is 5.26. The van der Waals surface area contributed by atoms with Gasteiger partial charge in [0.1, 0.15) is 5.41 Å². The molecule has 0 radical (unpaired) electrons. The molecule has 0 aromatic rings. The van der Waals surface area contributed by atoms with Gasteiger partial charge in [-0.05, 0) is 44.8 Å². The number of carbonyl (C=O) groups excluding carboxylic acids is 2. The van der Waals surface area contributed by atoms with Crippen molar-refractivity contribution in [1.29, 1.82) is 0 Å². The maximum absolute atomic E-state index is 12.2. The zero-order valence-corrected chi connectivity index (χ0v) is 11.0. The monoisotopic (exact) mass is 252 g/mol. The van der Waals surface area contributed by atoms with E-state index in [1.54, 1.807) is 0 Å². The van der Waals surface area contributed by atoms with Crippen LogP contribution in [0.4, 0.5) is 0 Å². The van der Waals surface area contributed by atoms with Gasteiger partial charge in [-0.3, -0.25) is 9.59 Å². The van der Waals surface area contributed by atoms with Gasteiger partial charge >= 0.3 is 0 Å². The van der Waals surface area contributed by atoms with Gasteiger partial charge in [0.2, 0.25) is 11.8 Å². The molecule has 1 heterocycles. The number of rotatable bonds is 0. The van der Waals surface area contributed by atoms with Gasteiger partial charge in [0.15, 0.2) is 5.11 Å². The van der Waals surface area contributed by atoms with Crippen LogP contribution >= 0.6 is 12.2 Å². The van der Waals surface area contributed by atoms with E-state index in [0.717, 1.165) is 12.0 Å². The van der Waals surface area contributed by atoms with Gasteiger partial charge in [-0.25, -0.2) is 0 Å². The molecule has 17 heavy (non-hydrogen) atoms. The van der Waals surface area contributed by atoms with Crippen LogP contribution in [-0.2, 0) is 9.59 Å². The van der Waals surface area contributed by atoms with Crippen molar-refractivity contribution in [2.24, 2.45) is 11.3 Å². The number of hydrogen-bond donors (Lipinski definition) is 2. The van der Waals surface area contributed by atoms with Crippen LogP contribution in [0.25, 0.3) is 0 Å². The summed E-state index contributed by atoms with van der Waals surface area (Å²) in [6.45, 7) is 5.99. The fraction of sp³-hybridized carbons (Fsp3) is 0.583. The molecule has 0 saturated carbocycles. The van der Waals surface area contributed by atoms with Crippen LogP contribution in [-0.4, -0.2) is 16.9 Å². The fourth-order valence-electron chi connectivity index (χ4n) is 2.72. The van der Waals surface area contributed by atoms with Gasteiger partial charge in [0.25, 0.3) is 0 Å². The Morgan fingerprint density at radius 1 is 1.18 bits per heavy atom. The van der Waals surface area contributed by atoms with Crippen molar-refractivity contribution < 1.29 is 9.59 Å². The number of carbonyl (C=O) groups is 2. The normalized spacial score (nSPS) is 28.2. The molecule has 1 fully saturated rings. The van der Waals surface area contributed by atoms with E-state index >= 15 is 0 Å². The Kier molecular flexibility index (Phi) is 2.81. The van der Waals surface area contributed by atoms with Crippen LogP contribution < -0.4 is 10.6 Å². The Bertz CT molecular complexity index is 433. The summed E-state index contributed by atoms with van der Waals surface area (Å²) >= 11 is 4.83. The zero-order chi connectivity index (χ0) is 12.8. The minimum Gasteiger partial charge on any atom is -0.302 e. The summed E-state index contributed by atoms with van der Waals surface area (Å²) in [5.74, 6) is -0.523. The van der Waals surface area contributed by atoms with Crippen LogP contribution in [0, 0.1) is 11.3 Å². The van der Waals surface area contributed by atoms with Crippen LogP contribution in [0.15, 0.2) is 11.1 Å². The Morgan fingerprint density at radius 3 is 2.24 bits per heavy atom. The average Bonchev–Trinajstić information content (AvgIpc) is 2.21. The number of hydrogen-bond acceptors (Lipinski definition) is 3. The summed E-state index contributed by atoms with van der Waals surface area (Å²) in [7, 11) is 0. The van der Waals surface area contributed by atoms with E-state index in [2.05, 4.69) is 17.6 Å². The zero-order valence-electron chi connectivity index (χ0n) is 10.2. The maximum Gasteiger partial charge on any atom is 0.242 e. The average molecular weight is 252 g/mol. The highest BCUT2D eigenvalue weighted by Crippen LogP contribution is 2.44. The first-order valence-electron chi connectivity index (χ1n) is 5.70. The molecule has 1 aliphatic heterocycles. The molecule has 4 nitrogen and oxygen atoms in total. The molecule has 2 rings (SSSR count). The summed E-state index contributed by atoms with van der Waals surface area (Å²) in [6, 6.07) is 0. The number of amides is 2. The largest absolute Gasteiger partial charge is 0.302 e. The van der Waals surface area contributed by atoms with E-state index in [-0.39, 0.29) is 22.8 Å². The Balaban J connectivity index is 2.45. The standard InChI is InChI=1S/C12H16N2O2S/c1-6-4-8(3)12(5-7(6)2)9(15)13-11(17)14-10(12)16/h8H,4-5H2,1-3H3,(H2,13,14,15,16,17)/t8-/m1/s1. The van der Waals surface area contributed by atoms with Gasteiger partial charge in [-0.15, -0.1) is 0 Å². The second kappa shape index (κ2) is 3.91. The van der Waals surface area contributed by atoms with Gasteiger partial charge in [-0.1, -0.05) is 18.1 Å². The highest BCUT2D eigenvalue weighted by Gasteiger charge is 2.54. The molecule has 2 amide bonds. The molecule has 0 aromatic heterocycles. The molecule has 92 valence electrons. The predicted molar refractivity (Wildman–Crippen MR) is 68.1 cm³/mol. The second-order valence-electron chi connectivity index (χ2n) is 5.05. The van der Waals surface area contributed by atoms with E-state index < -0.39 is 5.41 Å². The van der Waals surface area contributed by atoms with E-state index in [1.807, 2.05) is 13.8 Å². The SMILES string of the molecule is CC1=C(C)CC2(C(=O)NC(=S)NC2=O)[C@H](C)C1. The summed E-state index contributed by atoms with van der Waals surface area (Å²) < 4.78 is 0. The Labute approximate surface area is 106 Å². The first-order valence-corrected chi connectivity index (χ1v) is 6.11. The molecule has 5 heteroatoms. The van der Waals surface area contributed by atoms with Crippen molar-refractivity contribution in [1.82, 2.24) is 10.6 Å². The molecule has 1 atom stereocenters. The van der Waals surface area contributed by atoms with Gasteiger partial charge in [0, 0.05) is 0 Å². The highest BCUT2D eigenvalue weighted by molar-refractivity contribution is 7.80. The molecule has 0 aromatic carbocycles. The molecule has 2 aliphatic rings. The molecular weight excluding hydrogens is 236 g/mol. The lowest BCUT2D eigenvalue weighted by Crippen LogP contribution is -2.65. The Morgan fingerprint density at radius 2 is 1.71 bits per heavy atom. The lowest BCUT2D eigenvalue weighted by atomic mass is 9.63. The smallest absolute Gasteiger partial charge is 0.242 e. The van der Waals surface area contributed by atoms with Crippen molar-refractivity contribution in [2.45, 2.75) is 33.6 Å². The van der Waals surface area contributed by atoms with Gasteiger partial charge in [-0.2, -0.15) is 0 Å². The lowest BCUT2D eigenvalue weighted by molar-refractivity contribution is -0.147. The van der Waals surface area contributed by atoms with Crippen LogP contribution in [0.1, 0.15) is 33.6 Å². The van der Waals surface area contributed by atoms with Crippen molar-refractivity contribution in [2.75, 3.05) is 0 Å². The molecule has 1 aliphatic carbocycles. The van der Waals surface area contributed by atoms with Crippen molar-refractivity contribution in [3.05, 3.63) is 11.1 Å². The topological polar surface area (TPSA) is 58.2 Å². The minimum absolute atomic E-state index is 0.00528. The molecule has 1 spiro atoms. The van der Waals surface area contributed by atoms with Crippen LogP contribution in [0.2, 0.25) is 0 Å². The first-order chi connectivity index (χ1) is 7.87. The number of nitrogens with one attached hydrogen (secondary N) is 2. The molecule has 0 unspecified atom stereocenters. The summed E-state index contributed by atoms with van der Waals surface area (Å²) in [5.41, 5.74) is 1.42. The van der Waals surface area contributed by atoms with Gasteiger partial charge < -0.3 is 10.6 Å². The van der Waals surface area contributed by atoms with E-state index in [9.17, 15) is 9.59 Å². The lowest BCUT2D eigenvalue weighted by Gasteiger charge is -2.43. The van der Waals surface area contributed by atoms with Gasteiger partial charge in [0.05, 0.1) is 0 Å². The molecule has 0 bridgehead atoms. The highest BCUT2D eigenvalue weighted by atomic mass is 32.1. The van der Waals surface area contributed by atoms with E-state index in [1.165, 1.54) is 5.57 Å². The van der Waals surface area contributed by atoms with Crippen LogP contribution in [0.5, 0.6) is 0 Å². The van der Waals surface area contributed by atoms with Crippen LogP contribution in [0.3, 0.4) is 0 Å². The summed E-state index contributed by atoms with van der Waals surface area (Å²) in [6.07, 6.45) is 1.26. The second-order valence-corrected chi connectivity index (χ2v) is 5.46. The van der Waals surface area contributed by atoms with Crippen molar-refractivity contribution >= 4 is 29.1 Å². The minimum atomic E-state index is -0.980. The third-order valence-corrected chi connectivity index (χ3v) is 4.19. The maximum atomic E-state index is 12.2. The first kappa shape index (κ1) is 12.2. The quantitative estimate of drug-likeness (QED) is 0.388. The number of thiocarbonyl (C=S) groups is 1. The molecule has 1 saturated heterocycles. The molecule has 2 N–H and O–H groups in total. The van der Waals surface area contributed by atoms with Crippen molar-refractivity contribution in [3.63, 3.8) is 0 Å². The predicted octanol–water partition coefficient (Wildman–Crippen LogP) is 1.27. The Hall–Kier alpha value is -1.23. The van der Waals surface area contributed by atoms with E-state index in [4.69, 9.17) is 12.2 Å². The number of allylic oxidation sites excluding steroid dienone is 2. The van der Waals surface area contributed by atoms with E-state index in [0.29, 0.717) is 6.42 Å². The molecular formula is C12H16N2O2S. The third kappa shape index (κ3) is 1.69. The van der Waals surface area contributed by atoms with Crippen molar-refractivity contribution in [3.8, 4) is 0 Å².